The van der Waals surface area contributed by atoms with Crippen LogP contribution in [0.25, 0.3) is 0 Å². The SMILES string of the molecule is c1ccc(CCC2NCCCc3ccccc32)cc1. The number of rotatable bonds is 3. The molecular weight excluding hydrogens is 230 g/mol. The molecule has 2 aromatic rings. The molecule has 0 aromatic heterocycles. The van der Waals surface area contributed by atoms with E-state index in [0.29, 0.717) is 6.04 Å². The highest BCUT2D eigenvalue weighted by molar-refractivity contribution is 5.31. The molecule has 0 spiro atoms. The van der Waals surface area contributed by atoms with E-state index in [2.05, 4.69) is 59.9 Å². The molecule has 1 aliphatic rings. The molecule has 0 aliphatic carbocycles. The van der Waals surface area contributed by atoms with Crippen molar-refractivity contribution in [3.8, 4) is 0 Å². The molecule has 98 valence electrons. The van der Waals surface area contributed by atoms with Gasteiger partial charge in [0, 0.05) is 6.04 Å². The minimum absolute atomic E-state index is 0.513. The molecule has 1 unspecified atom stereocenters. The zero-order valence-electron chi connectivity index (χ0n) is 11.3. The van der Waals surface area contributed by atoms with Gasteiger partial charge in [-0.2, -0.15) is 0 Å². The van der Waals surface area contributed by atoms with Crippen LogP contribution in [0.1, 0.15) is 35.6 Å². The fourth-order valence-electron chi connectivity index (χ4n) is 2.98. The molecule has 0 saturated carbocycles. The Bertz CT molecular complexity index is 518. The van der Waals surface area contributed by atoms with Gasteiger partial charge in [0.1, 0.15) is 0 Å². The first kappa shape index (κ1) is 12.4. The topological polar surface area (TPSA) is 12.0 Å². The number of aryl methyl sites for hydroxylation is 2. The quantitative estimate of drug-likeness (QED) is 0.872. The minimum Gasteiger partial charge on any atom is -0.310 e. The largest absolute Gasteiger partial charge is 0.310 e. The summed E-state index contributed by atoms with van der Waals surface area (Å²) < 4.78 is 0. The Morgan fingerprint density at radius 2 is 1.74 bits per heavy atom. The van der Waals surface area contributed by atoms with Crippen molar-refractivity contribution in [3.63, 3.8) is 0 Å². The van der Waals surface area contributed by atoms with Crippen LogP contribution in [0.4, 0.5) is 0 Å². The summed E-state index contributed by atoms with van der Waals surface area (Å²) in [5, 5.41) is 3.71. The van der Waals surface area contributed by atoms with Gasteiger partial charge >= 0.3 is 0 Å². The highest BCUT2D eigenvalue weighted by Crippen LogP contribution is 2.26. The first-order valence-corrected chi connectivity index (χ1v) is 7.28. The summed E-state index contributed by atoms with van der Waals surface area (Å²) >= 11 is 0. The maximum atomic E-state index is 3.71. The summed E-state index contributed by atoms with van der Waals surface area (Å²) in [6.45, 7) is 1.13. The normalized spacial score (nSPS) is 18.6. The summed E-state index contributed by atoms with van der Waals surface area (Å²) in [6, 6.07) is 20.2. The van der Waals surface area contributed by atoms with Gasteiger partial charge in [-0.25, -0.2) is 0 Å². The first-order valence-electron chi connectivity index (χ1n) is 7.28. The minimum atomic E-state index is 0.513. The number of nitrogens with one attached hydrogen (secondary N) is 1. The lowest BCUT2D eigenvalue weighted by atomic mass is 9.95. The molecular formula is C18H21N. The smallest absolute Gasteiger partial charge is 0.0326 e. The molecule has 0 amide bonds. The van der Waals surface area contributed by atoms with E-state index in [9.17, 15) is 0 Å². The van der Waals surface area contributed by atoms with Crippen LogP contribution in [0.2, 0.25) is 0 Å². The molecule has 1 heteroatoms. The monoisotopic (exact) mass is 251 g/mol. The lowest BCUT2D eigenvalue weighted by Gasteiger charge is -2.18. The van der Waals surface area contributed by atoms with E-state index in [1.807, 2.05) is 0 Å². The number of hydrogen-bond acceptors (Lipinski definition) is 1. The average molecular weight is 251 g/mol. The second-order valence-corrected chi connectivity index (χ2v) is 5.33. The fraction of sp³-hybridized carbons (Fsp3) is 0.333. The lowest BCUT2D eigenvalue weighted by molar-refractivity contribution is 0.509. The number of fused-ring (bicyclic) bond motifs is 1. The standard InChI is InChI=1S/C18H21N/c1-2-7-15(8-3-1)12-13-18-17-11-5-4-9-16(17)10-6-14-19-18/h1-5,7-9,11,18-19H,6,10,12-14H2. The average Bonchev–Trinajstić information content (AvgIpc) is 2.68. The van der Waals surface area contributed by atoms with E-state index in [0.717, 1.165) is 13.0 Å². The second kappa shape index (κ2) is 6.03. The van der Waals surface area contributed by atoms with Gasteiger partial charge in [0.15, 0.2) is 0 Å². The molecule has 19 heavy (non-hydrogen) atoms. The van der Waals surface area contributed by atoms with E-state index >= 15 is 0 Å². The van der Waals surface area contributed by atoms with Crippen LogP contribution in [0.5, 0.6) is 0 Å². The number of hydrogen-bond donors (Lipinski definition) is 1. The summed E-state index contributed by atoms with van der Waals surface area (Å²) in [7, 11) is 0. The lowest BCUT2D eigenvalue weighted by Crippen LogP contribution is -2.21. The van der Waals surface area contributed by atoms with Crippen LogP contribution < -0.4 is 5.32 Å². The van der Waals surface area contributed by atoms with Gasteiger partial charge < -0.3 is 5.32 Å². The Hall–Kier alpha value is -1.60. The van der Waals surface area contributed by atoms with Crippen LogP contribution in [-0.2, 0) is 12.8 Å². The Morgan fingerprint density at radius 3 is 2.63 bits per heavy atom. The van der Waals surface area contributed by atoms with Crippen molar-refractivity contribution in [1.29, 1.82) is 0 Å². The summed E-state index contributed by atoms with van der Waals surface area (Å²) in [6.07, 6.45) is 4.79. The summed E-state index contributed by atoms with van der Waals surface area (Å²) in [4.78, 5) is 0. The Morgan fingerprint density at radius 1 is 0.947 bits per heavy atom. The van der Waals surface area contributed by atoms with Gasteiger partial charge in [-0.1, -0.05) is 54.6 Å². The van der Waals surface area contributed by atoms with Gasteiger partial charge in [0.2, 0.25) is 0 Å². The molecule has 1 heterocycles. The van der Waals surface area contributed by atoms with E-state index in [1.165, 1.54) is 36.0 Å². The van der Waals surface area contributed by atoms with Crippen molar-refractivity contribution in [2.24, 2.45) is 0 Å². The van der Waals surface area contributed by atoms with Crippen LogP contribution in [0.3, 0.4) is 0 Å². The van der Waals surface area contributed by atoms with Crippen LogP contribution in [0, 0.1) is 0 Å². The molecule has 3 rings (SSSR count). The van der Waals surface area contributed by atoms with Crippen LogP contribution in [-0.4, -0.2) is 6.54 Å². The van der Waals surface area contributed by atoms with E-state index in [1.54, 1.807) is 0 Å². The van der Waals surface area contributed by atoms with Crippen molar-refractivity contribution >= 4 is 0 Å². The molecule has 1 nitrogen and oxygen atoms in total. The molecule has 1 aliphatic heterocycles. The maximum Gasteiger partial charge on any atom is 0.0326 e. The van der Waals surface area contributed by atoms with Gasteiger partial charge in [-0.3, -0.25) is 0 Å². The first-order chi connectivity index (χ1) is 9.43. The van der Waals surface area contributed by atoms with Crippen molar-refractivity contribution < 1.29 is 0 Å². The summed E-state index contributed by atoms with van der Waals surface area (Å²) in [5.41, 5.74) is 4.48. The Kier molecular flexibility index (Phi) is 3.95. The predicted molar refractivity (Wildman–Crippen MR) is 80.3 cm³/mol. The maximum absolute atomic E-state index is 3.71. The van der Waals surface area contributed by atoms with Gasteiger partial charge in [0.05, 0.1) is 0 Å². The Balaban J connectivity index is 1.74. The highest BCUT2D eigenvalue weighted by atomic mass is 14.9. The third-order valence-corrected chi connectivity index (χ3v) is 4.01. The van der Waals surface area contributed by atoms with E-state index in [-0.39, 0.29) is 0 Å². The van der Waals surface area contributed by atoms with Crippen LogP contribution >= 0.6 is 0 Å². The summed E-state index contributed by atoms with van der Waals surface area (Å²) in [5.74, 6) is 0. The molecule has 0 radical (unpaired) electrons. The molecule has 1 atom stereocenters. The second-order valence-electron chi connectivity index (χ2n) is 5.33. The van der Waals surface area contributed by atoms with Crippen molar-refractivity contribution in [3.05, 3.63) is 71.3 Å². The molecule has 0 fully saturated rings. The predicted octanol–water partition coefficient (Wildman–Crippen LogP) is 3.90. The van der Waals surface area contributed by atoms with Crippen molar-refractivity contribution in [2.45, 2.75) is 31.7 Å². The molecule has 1 N–H and O–H groups in total. The fourth-order valence-corrected chi connectivity index (χ4v) is 2.98. The highest BCUT2D eigenvalue weighted by Gasteiger charge is 2.17. The third-order valence-electron chi connectivity index (χ3n) is 4.01. The van der Waals surface area contributed by atoms with E-state index in [4.69, 9.17) is 0 Å². The van der Waals surface area contributed by atoms with Crippen molar-refractivity contribution in [1.82, 2.24) is 5.32 Å². The Labute approximate surface area is 115 Å². The number of benzene rings is 2. The third kappa shape index (κ3) is 3.05. The van der Waals surface area contributed by atoms with Gasteiger partial charge in [-0.05, 0) is 48.9 Å². The zero-order chi connectivity index (χ0) is 12.9. The van der Waals surface area contributed by atoms with Crippen molar-refractivity contribution in [2.75, 3.05) is 6.54 Å². The molecule has 0 saturated heterocycles. The zero-order valence-corrected chi connectivity index (χ0v) is 11.3. The van der Waals surface area contributed by atoms with E-state index < -0.39 is 0 Å². The van der Waals surface area contributed by atoms with Crippen LogP contribution in [0.15, 0.2) is 54.6 Å². The van der Waals surface area contributed by atoms with Gasteiger partial charge in [0.25, 0.3) is 0 Å². The molecule has 2 aromatic carbocycles. The van der Waals surface area contributed by atoms with Gasteiger partial charge in [-0.15, -0.1) is 0 Å². The molecule has 0 bridgehead atoms.